The van der Waals surface area contributed by atoms with Gasteiger partial charge in [0.05, 0.1) is 11.2 Å². The fourth-order valence-corrected chi connectivity index (χ4v) is 3.96. The van der Waals surface area contributed by atoms with Gasteiger partial charge >= 0.3 is 0 Å². The first kappa shape index (κ1) is 18.6. The lowest BCUT2D eigenvalue weighted by Gasteiger charge is -2.03. The molecule has 0 atom stereocenters. The van der Waals surface area contributed by atoms with E-state index in [0.717, 1.165) is 5.56 Å². The Kier molecular flexibility index (Phi) is 5.46. The first-order valence-electron chi connectivity index (χ1n) is 7.61. The summed E-state index contributed by atoms with van der Waals surface area (Å²) in [5.41, 5.74) is 1.05. The van der Waals surface area contributed by atoms with Crippen molar-refractivity contribution in [1.82, 2.24) is 9.55 Å². The van der Waals surface area contributed by atoms with Crippen molar-refractivity contribution in [3.8, 4) is 0 Å². The molecule has 0 bridgehead atoms. The summed E-state index contributed by atoms with van der Waals surface area (Å²) in [7, 11) is -3.75. The number of halogens is 2. The van der Waals surface area contributed by atoms with E-state index in [2.05, 4.69) is 4.98 Å². The van der Waals surface area contributed by atoms with E-state index in [9.17, 15) is 13.2 Å². The highest BCUT2D eigenvalue weighted by Crippen LogP contribution is 2.17. The van der Waals surface area contributed by atoms with Gasteiger partial charge in [-0.05, 0) is 42.0 Å². The van der Waals surface area contributed by atoms with Crippen molar-refractivity contribution in [3.05, 3.63) is 82.4 Å². The van der Waals surface area contributed by atoms with Crippen LogP contribution in [0.25, 0.3) is 0 Å². The van der Waals surface area contributed by atoms with Gasteiger partial charge in [0, 0.05) is 22.8 Å². The molecule has 26 heavy (non-hydrogen) atoms. The van der Waals surface area contributed by atoms with Crippen LogP contribution in [-0.2, 0) is 16.4 Å². The molecule has 0 radical (unpaired) electrons. The molecule has 0 aliphatic rings. The summed E-state index contributed by atoms with van der Waals surface area (Å²) in [5, 5.41) is 1.04. The van der Waals surface area contributed by atoms with Crippen LogP contribution in [-0.4, -0.2) is 29.5 Å². The quantitative estimate of drug-likeness (QED) is 0.580. The van der Waals surface area contributed by atoms with Crippen molar-refractivity contribution < 1.29 is 13.2 Å². The summed E-state index contributed by atoms with van der Waals surface area (Å²) >= 11 is 11.7. The number of aromatic nitrogens is 2. The number of benzene rings is 2. The highest BCUT2D eigenvalue weighted by atomic mass is 35.5. The number of carbonyl (C=O) groups excluding carboxylic acids is 1. The average molecular weight is 409 g/mol. The van der Waals surface area contributed by atoms with Crippen LogP contribution in [0.4, 0.5) is 0 Å². The first-order chi connectivity index (χ1) is 12.3. The summed E-state index contributed by atoms with van der Waals surface area (Å²) in [4.78, 5) is 16.4. The Morgan fingerprint density at radius 3 is 2.46 bits per heavy atom. The second kappa shape index (κ2) is 7.61. The van der Waals surface area contributed by atoms with Gasteiger partial charge in [-0.25, -0.2) is 13.4 Å². The molecular weight excluding hydrogens is 395 g/mol. The molecule has 1 aromatic heterocycles. The molecule has 0 fully saturated rings. The average Bonchev–Trinajstić information content (AvgIpc) is 3.03. The van der Waals surface area contributed by atoms with Crippen molar-refractivity contribution in [2.45, 2.75) is 11.4 Å². The summed E-state index contributed by atoms with van der Waals surface area (Å²) in [6.07, 6.45) is 3.02. The van der Waals surface area contributed by atoms with E-state index in [1.54, 1.807) is 10.6 Å². The van der Waals surface area contributed by atoms with Crippen LogP contribution >= 0.6 is 23.2 Å². The minimum atomic E-state index is -3.75. The maximum absolute atomic E-state index is 12.3. The summed E-state index contributed by atoms with van der Waals surface area (Å²) < 4.78 is 26.4. The molecule has 5 nitrogen and oxygen atoms in total. The Morgan fingerprint density at radius 2 is 1.77 bits per heavy atom. The number of imidazole rings is 1. The summed E-state index contributed by atoms with van der Waals surface area (Å²) in [5.74, 6) is -1.21. The molecule has 0 aliphatic carbocycles. The van der Waals surface area contributed by atoms with Crippen LogP contribution in [0.1, 0.15) is 16.1 Å². The van der Waals surface area contributed by atoms with E-state index >= 15 is 0 Å². The zero-order valence-corrected chi connectivity index (χ0v) is 15.8. The Bertz CT molecular complexity index is 1040. The molecule has 3 rings (SSSR count). The SMILES string of the molecule is O=C(CS(=O)(=O)c1ccc(Cl)cc1)c1cn(Cc2cccc(Cl)c2)cn1. The molecule has 0 N–H and O–H groups in total. The third-order valence-electron chi connectivity index (χ3n) is 3.67. The monoisotopic (exact) mass is 408 g/mol. The lowest BCUT2D eigenvalue weighted by Crippen LogP contribution is -2.16. The molecule has 1 heterocycles. The smallest absolute Gasteiger partial charge is 0.198 e. The fraction of sp³-hybridized carbons (Fsp3) is 0.111. The molecular formula is C18H14Cl2N2O3S. The number of carbonyl (C=O) groups is 1. The maximum atomic E-state index is 12.3. The van der Waals surface area contributed by atoms with E-state index in [1.165, 1.54) is 36.8 Å². The predicted molar refractivity (Wildman–Crippen MR) is 101 cm³/mol. The Balaban J connectivity index is 1.72. The van der Waals surface area contributed by atoms with Gasteiger partial charge in [0.15, 0.2) is 15.6 Å². The number of Topliss-reactive ketones (excluding diaryl/α,β-unsaturated/α-hetero) is 1. The molecule has 3 aromatic rings. The van der Waals surface area contributed by atoms with Gasteiger partial charge in [0.2, 0.25) is 0 Å². The molecule has 0 spiro atoms. The van der Waals surface area contributed by atoms with E-state index < -0.39 is 21.4 Å². The number of nitrogens with zero attached hydrogens (tertiary/aromatic N) is 2. The van der Waals surface area contributed by atoms with Crippen molar-refractivity contribution in [2.75, 3.05) is 5.75 Å². The van der Waals surface area contributed by atoms with Crippen LogP contribution < -0.4 is 0 Å². The van der Waals surface area contributed by atoms with Crippen LogP contribution in [0.15, 0.2) is 66.0 Å². The largest absolute Gasteiger partial charge is 0.332 e. The Labute approximate surface area is 161 Å². The Hall–Kier alpha value is -2.15. The van der Waals surface area contributed by atoms with Gasteiger partial charge in [-0.15, -0.1) is 0 Å². The lowest BCUT2D eigenvalue weighted by atomic mass is 10.2. The molecule has 2 aromatic carbocycles. The number of sulfone groups is 1. The maximum Gasteiger partial charge on any atom is 0.198 e. The second-order valence-electron chi connectivity index (χ2n) is 5.70. The molecule has 134 valence electrons. The molecule has 0 unspecified atom stereocenters. The summed E-state index contributed by atoms with van der Waals surface area (Å²) in [6, 6.07) is 13.0. The summed E-state index contributed by atoms with van der Waals surface area (Å²) in [6.45, 7) is 0.477. The zero-order valence-electron chi connectivity index (χ0n) is 13.5. The number of rotatable bonds is 6. The van der Waals surface area contributed by atoms with Crippen LogP contribution in [0.5, 0.6) is 0 Å². The van der Waals surface area contributed by atoms with Crippen LogP contribution in [0.3, 0.4) is 0 Å². The fourth-order valence-electron chi connectivity index (χ4n) is 2.41. The highest BCUT2D eigenvalue weighted by molar-refractivity contribution is 7.92. The van der Waals surface area contributed by atoms with Gasteiger partial charge in [-0.1, -0.05) is 35.3 Å². The predicted octanol–water partition coefficient (Wildman–Crippen LogP) is 3.89. The van der Waals surface area contributed by atoms with Gasteiger partial charge in [0.25, 0.3) is 0 Å². The molecule has 0 amide bonds. The minimum Gasteiger partial charge on any atom is -0.332 e. The van der Waals surface area contributed by atoms with E-state index in [0.29, 0.717) is 16.6 Å². The zero-order chi connectivity index (χ0) is 18.7. The third-order valence-corrected chi connectivity index (χ3v) is 5.79. The Morgan fingerprint density at radius 1 is 1.04 bits per heavy atom. The minimum absolute atomic E-state index is 0.0496. The van der Waals surface area contributed by atoms with Crippen molar-refractivity contribution in [1.29, 1.82) is 0 Å². The molecule has 8 heteroatoms. The normalized spacial score (nSPS) is 11.5. The molecule has 0 saturated carbocycles. The van der Waals surface area contributed by atoms with Gasteiger partial charge in [0.1, 0.15) is 11.4 Å². The topological polar surface area (TPSA) is 69.0 Å². The third kappa shape index (κ3) is 4.52. The number of hydrogen-bond donors (Lipinski definition) is 0. The molecule has 0 aliphatic heterocycles. The van der Waals surface area contributed by atoms with Crippen LogP contribution in [0.2, 0.25) is 10.0 Å². The number of hydrogen-bond acceptors (Lipinski definition) is 4. The van der Waals surface area contributed by atoms with Gasteiger partial charge < -0.3 is 4.57 Å². The number of ketones is 1. The van der Waals surface area contributed by atoms with Gasteiger partial charge in [-0.3, -0.25) is 4.79 Å². The van der Waals surface area contributed by atoms with Crippen molar-refractivity contribution in [3.63, 3.8) is 0 Å². The highest BCUT2D eigenvalue weighted by Gasteiger charge is 2.22. The lowest BCUT2D eigenvalue weighted by molar-refractivity contribution is 0.101. The van der Waals surface area contributed by atoms with Crippen molar-refractivity contribution >= 4 is 38.8 Å². The van der Waals surface area contributed by atoms with E-state index in [-0.39, 0.29) is 10.6 Å². The van der Waals surface area contributed by atoms with Gasteiger partial charge in [-0.2, -0.15) is 0 Å². The van der Waals surface area contributed by atoms with E-state index in [4.69, 9.17) is 23.2 Å². The molecule has 0 saturated heterocycles. The standard InChI is InChI=1S/C18H14Cl2N2O3S/c19-14-4-6-16(7-5-14)26(24,25)11-18(23)17-10-22(12-21-17)9-13-2-1-3-15(20)8-13/h1-8,10,12H,9,11H2. The van der Waals surface area contributed by atoms with Crippen molar-refractivity contribution in [2.24, 2.45) is 0 Å². The van der Waals surface area contributed by atoms with E-state index in [1.807, 2.05) is 18.2 Å². The van der Waals surface area contributed by atoms with Crippen LogP contribution in [0, 0.1) is 0 Å². The second-order valence-corrected chi connectivity index (χ2v) is 8.56. The first-order valence-corrected chi connectivity index (χ1v) is 10.0.